The van der Waals surface area contributed by atoms with Gasteiger partial charge in [0.15, 0.2) is 16.3 Å². The third-order valence-electron chi connectivity index (χ3n) is 1.40. The lowest BCUT2D eigenvalue weighted by molar-refractivity contribution is 0.492. The number of amidine groups is 1. The average molecular weight is 197 g/mol. The van der Waals surface area contributed by atoms with Gasteiger partial charge < -0.3 is 5.32 Å². The molecule has 2 nitrogen and oxygen atoms in total. The van der Waals surface area contributed by atoms with Gasteiger partial charge in [-0.1, -0.05) is 18.5 Å². The van der Waals surface area contributed by atoms with Gasteiger partial charge in [-0.3, -0.25) is 0 Å². The molecule has 0 aliphatic carbocycles. The van der Waals surface area contributed by atoms with E-state index in [1.807, 2.05) is 6.92 Å². The summed E-state index contributed by atoms with van der Waals surface area (Å²) in [5, 5.41) is 2.63. The number of hydrogen-bond donors (Lipinski definition) is 1. The fourth-order valence-corrected chi connectivity index (χ4v) is 1.28. The molecule has 0 bridgehead atoms. The van der Waals surface area contributed by atoms with Crippen molar-refractivity contribution in [3.63, 3.8) is 0 Å². The summed E-state index contributed by atoms with van der Waals surface area (Å²) in [5.74, 6) is -0.446. The van der Waals surface area contributed by atoms with Crippen LogP contribution in [0.1, 0.15) is 13.3 Å². The molecule has 0 aromatic rings. The number of rotatable bonds is 1. The van der Waals surface area contributed by atoms with Crippen molar-refractivity contribution >= 4 is 28.5 Å². The van der Waals surface area contributed by atoms with E-state index in [0.717, 1.165) is 0 Å². The average Bonchev–Trinajstić information content (AvgIpc) is 1.96. The second-order valence-electron chi connectivity index (χ2n) is 2.15. The SMILES string of the molecule is CCC1NC(Cl)=NC(Cl)=C1F. The smallest absolute Gasteiger partial charge is 0.197 e. The van der Waals surface area contributed by atoms with E-state index in [2.05, 4.69) is 10.3 Å². The highest BCUT2D eigenvalue weighted by atomic mass is 35.5. The number of hydrogen-bond acceptors (Lipinski definition) is 2. The monoisotopic (exact) mass is 196 g/mol. The molecule has 0 aromatic carbocycles. The van der Waals surface area contributed by atoms with Gasteiger partial charge in [-0.2, -0.15) is 0 Å². The van der Waals surface area contributed by atoms with Crippen LogP contribution in [0.2, 0.25) is 0 Å². The highest BCUT2D eigenvalue weighted by molar-refractivity contribution is 6.65. The second-order valence-corrected chi connectivity index (χ2v) is 2.86. The maximum atomic E-state index is 12.9. The van der Waals surface area contributed by atoms with Gasteiger partial charge >= 0.3 is 0 Å². The van der Waals surface area contributed by atoms with Crippen molar-refractivity contribution in [3.05, 3.63) is 11.0 Å². The summed E-state index contributed by atoms with van der Waals surface area (Å²) in [6.45, 7) is 1.83. The van der Waals surface area contributed by atoms with Gasteiger partial charge in [0.05, 0.1) is 6.04 Å². The Balaban J connectivity index is 2.87. The zero-order chi connectivity index (χ0) is 8.43. The Morgan fingerprint density at radius 2 is 2.27 bits per heavy atom. The minimum Gasteiger partial charge on any atom is -0.351 e. The Morgan fingerprint density at radius 3 is 2.82 bits per heavy atom. The molecule has 62 valence electrons. The minimum atomic E-state index is -0.446. The molecule has 0 fully saturated rings. The van der Waals surface area contributed by atoms with Crippen LogP contribution in [0.25, 0.3) is 0 Å². The van der Waals surface area contributed by atoms with Crippen LogP contribution in [-0.2, 0) is 0 Å². The minimum absolute atomic E-state index is 0.142. The fraction of sp³-hybridized carbons (Fsp3) is 0.500. The normalized spacial score (nSPS) is 24.7. The second kappa shape index (κ2) is 3.41. The van der Waals surface area contributed by atoms with E-state index in [4.69, 9.17) is 23.2 Å². The van der Waals surface area contributed by atoms with Crippen molar-refractivity contribution in [3.8, 4) is 0 Å². The van der Waals surface area contributed by atoms with Crippen molar-refractivity contribution in [2.75, 3.05) is 0 Å². The summed E-state index contributed by atoms with van der Waals surface area (Å²) >= 11 is 10.9. The maximum absolute atomic E-state index is 12.9. The van der Waals surface area contributed by atoms with Crippen LogP contribution >= 0.6 is 23.2 Å². The fourth-order valence-electron chi connectivity index (χ4n) is 0.804. The topological polar surface area (TPSA) is 24.4 Å². The van der Waals surface area contributed by atoms with E-state index in [1.54, 1.807) is 0 Å². The third-order valence-corrected chi connectivity index (χ3v) is 1.86. The molecule has 0 saturated heterocycles. The van der Waals surface area contributed by atoms with Gasteiger partial charge in [0.25, 0.3) is 0 Å². The first-order chi connectivity index (χ1) is 5.15. The zero-order valence-electron chi connectivity index (χ0n) is 5.87. The number of nitrogens with zero attached hydrogens (tertiary/aromatic N) is 1. The summed E-state index contributed by atoms with van der Waals surface area (Å²) in [7, 11) is 0. The molecular weight excluding hydrogens is 190 g/mol. The van der Waals surface area contributed by atoms with E-state index in [-0.39, 0.29) is 10.5 Å². The molecule has 1 rings (SSSR count). The van der Waals surface area contributed by atoms with E-state index < -0.39 is 11.9 Å². The molecule has 1 aliphatic heterocycles. The predicted octanol–water partition coefficient (Wildman–Crippen LogP) is 2.34. The molecular formula is C6H7Cl2FN2. The zero-order valence-corrected chi connectivity index (χ0v) is 7.38. The summed E-state index contributed by atoms with van der Waals surface area (Å²) < 4.78 is 12.9. The van der Waals surface area contributed by atoms with Crippen molar-refractivity contribution in [1.82, 2.24) is 5.32 Å². The number of halogens is 3. The van der Waals surface area contributed by atoms with Gasteiger partial charge in [0, 0.05) is 0 Å². The first-order valence-electron chi connectivity index (χ1n) is 3.21. The van der Waals surface area contributed by atoms with Gasteiger partial charge in [-0.15, -0.1) is 0 Å². The lowest BCUT2D eigenvalue weighted by Gasteiger charge is -2.18. The first-order valence-corrected chi connectivity index (χ1v) is 3.96. The van der Waals surface area contributed by atoms with E-state index in [0.29, 0.717) is 6.42 Å². The lowest BCUT2D eigenvalue weighted by atomic mass is 10.2. The van der Waals surface area contributed by atoms with Crippen molar-refractivity contribution in [1.29, 1.82) is 0 Å². The molecule has 1 N–H and O–H groups in total. The molecule has 1 aliphatic rings. The molecule has 1 unspecified atom stereocenters. The standard InChI is InChI=1S/C6H7Cl2FN2/c1-2-3-4(9)5(7)11-6(8)10-3/h3H,2H2,1H3,(H,10,11). The molecule has 0 amide bonds. The molecule has 1 atom stereocenters. The Labute approximate surface area is 74.1 Å². The Hall–Kier alpha value is -0.280. The van der Waals surface area contributed by atoms with Crippen LogP contribution in [0.3, 0.4) is 0 Å². The van der Waals surface area contributed by atoms with E-state index in [9.17, 15) is 4.39 Å². The maximum Gasteiger partial charge on any atom is 0.197 e. The van der Waals surface area contributed by atoms with Crippen LogP contribution < -0.4 is 5.32 Å². The van der Waals surface area contributed by atoms with Crippen LogP contribution in [0, 0.1) is 0 Å². The molecule has 11 heavy (non-hydrogen) atoms. The van der Waals surface area contributed by atoms with E-state index >= 15 is 0 Å². The highest BCUT2D eigenvalue weighted by Crippen LogP contribution is 2.22. The molecule has 0 radical (unpaired) electrons. The summed E-state index contributed by atoms with van der Waals surface area (Å²) in [6, 6.07) is -0.424. The summed E-state index contributed by atoms with van der Waals surface area (Å²) in [4.78, 5) is 3.50. The quantitative estimate of drug-likeness (QED) is 0.641. The number of nitrogens with one attached hydrogen (secondary N) is 1. The molecule has 1 heterocycles. The number of aliphatic imine (C=N–C) groups is 1. The van der Waals surface area contributed by atoms with Gasteiger partial charge in [-0.25, -0.2) is 9.38 Å². The van der Waals surface area contributed by atoms with Gasteiger partial charge in [0.1, 0.15) is 0 Å². The largest absolute Gasteiger partial charge is 0.351 e. The van der Waals surface area contributed by atoms with Gasteiger partial charge in [0.2, 0.25) is 0 Å². The first kappa shape index (κ1) is 8.81. The van der Waals surface area contributed by atoms with E-state index in [1.165, 1.54) is 0 Å². The summed E-state index contributed by atoms with van der Waals surface area (Å²) in [5.41, 5.74) is 0. The molecule has 5 heteroatoms. The van der Waals surface area contributed by atoms with Gasteiger partial charge in [-0.05, 0) is 18.0 Å². The van der Waals surface area contributed by atoms with Crippen LogP contribution in [0.4, 0.5) is 4.39 Å². The lowest BCUT2D eigenvalue weighted by Crippen LogP contribution is -2.34. The molecule has 0 saturated carbocycles. The Morgan fingerprint density at radius 1 is 1.64 bits per heavy atom. The van der Waals surface area contributed by atoms with Crippen LogP contribution in [0.5, 0.6) is 0 Å². The van der Waals surface area contributed by atoms with Crippen molar-refractivity contribution in [2.45, 2.75) is 19.4 Å². The molecule has 0 aromatic heterocycles. The third kappa shape index (κ3) is 1.84. The van der Waals surface area contributed by atoms with Crippen molar-refractivity contribution in [2.24, 2.45) is 4.99 Å². The van der Waals surface area contributed by atoms with Crippen LogP contribution in [-0.4, -0.2) is 11.3 Å². The Bertz CT molecular complexity index is 225. The van der Waals surface area contributed by atoms with Crippen molar-refractivity contribution < 1.29 is 4.39 Å². The van der Waals surface area contributed by atoms with Crippen LogP contribution in [0.15, 0.2) is 16.0 Å². The molecule has 0 spiro atoms. The predicted molar refractivity (Wildman–Crippen MR) is 44.5 cm³/mol. The summed E-state index contributed by atoms with van der Waals surface area (Å²) in [6.07, 6.45) is 0.591. The highest BCUT2D eigenvalue weighted by Gasteiger charge is 2.21. The Kier molecular flexibility index (Phi) is 2.73.